The van der Waals surface area contributed by atoms with Crippen LogP contribution < -0.4 is 9.47 Å². The van der Waals surface area contributed by atoms with E-state index in [9.17, 15) is 4.79 Å². The summed E-state index contributed by atoms with van der Waals surface area (Å²) >= 11 is 1.51. The molecule has 3 aromatic heterocycles. The lowest BCUT2D eigenvalue weighted by Crippen LogP contribution is -2.11. The number of aromatic nitrogens is 3. The summed E-state index contributed by atoms with van der Waals surface area (Å²) < 4.78 is 17.2. The minimum atomic E-state index is -0.559. The van der Waals surface area contributed by atoms with Crippen molar-refractivity contribution in [2.45, 2.75) is 39.5 Å². The monoisotopic (exact) mass is 463 g/mol. The zero-order chi connectivity index (χ0) is 22.9. The minimum Gasteiger partial charge on any atom is -0.497 e. The molecule has 4 aromatic rings. The number of methoxy groups -OCH3 is 1. The molecule has 1 aliphatic carbocycles. The van der Waals surface area contributed by atoms with Crippen LogP contribution in [-0.4, -0.2) is 41.2 Å². The number of fused-ring (bicyclic) bond motifs is 4. The highest BCUT2D eigenvalue weighted by Gasteiger charge is 2.26. The summed E-state index contributed by atoms with van der Waals surface area (Å²) in [6, 6.07) is 8.08. The van der Waals surface area contributed by atoms with Gasteiger partial charge in [0, 0.05) is 11.1 Å². The molecule has 33 heavy (non-hydrogen) atoms. The number of pyridine rings is 1. The number of hydrogen-bond donors (Lipinski definition) is 0. The van der Waals surface area contributed by atoms with Crippen LogP contribution in [0.2, 0.25) is 0 Å². The number of ether oxygens (including phenoxy) is 3. The van der Waals surface area contributed by atoms with Crippen LogP contribution in [-0.2, 0) is 17.6 Å². The first kappa shape index (κ1) is 21.6. The predicted octanol–water partition coefficient (Wildman–Crippen LogP) is 5.37. The smallest absolute Gasteiger partial charge is 0.376 e. The van der Waals surface area contributed by atoms with Gasteiger partial charge in [0.05, 0.1) is 25.8 Å². The van der Waals surface area contributed by atoms with Gasteiger partial charge in [-0.05, 0) is 68.4 Å². The minimum absolute atomic E-state index is 0.00546. The van der Waals surface area contributed by atoms with Crippen molar-refractivity contribution in [3.05, 3.63) is 41.3 Å². The van der Waals surface area contributed by atoms with E-state index in [1.54, 1.807) is 14.0 Å². The molecule has 0 bridgehead atoms. The lowest BCUT2D eigenvalue weighted by atomic mass is 9.87. The molecule has 170 valence electrons. The van der Waals surface area contributed by atoms with Crippen molar-refractivity contribution in [2.24, 2.45) is 0 Å². The summed E-state index contributed by atoms with van der Waals surface area (Å²) in [4.78, 5) is 27.5. The van der Waals surface area contributed by atoms with E-state index < -0.39 is 5.97 Å². The molecular formula is C25H25N3O4S. The van der Waals surface area contributed by atoms with Gasteiger partial charge in [-0.25, -0.2) is 14.8 Å². The molecule has 0 saturated carbocycles. The van der Waals surface area contributed by atoms with Crippen molar-refractivity contribution in [2.75, 3.05) is 20.3 Å². The molecule has 0 amide bonds. The molecule has 0 atom stereocenters. The maximum absolute atomic E-state index is 12.5. The molecule has 1 aliphatic rings. The van der Waals surface area contributed by atoms with Crippen LogP contribution in [0, 0.1) is 0 Å². The van der Waals surface area contributed by atoms with Crippen LogP contribution in [0.1, 0.15) is 48.6 Å². The molecule has 0 N–H and O–H groups in total. The number of carbonyl (C=O) groups excluding carboxylic acids is 1. The Kier molecular flexibility index (Phi) is 5.85. The Labute approximate surface area is 195 Å². The molecule has 0 saturated heterocycles. The molecule has 7 nitrogen and oxygen atoms in total. The van der Waals surface area contributed by atoms with Crippen molar-refractivity contribution in [3.63, 3.8) is 0 Å². The molecule has 0 aliphatic heterocycles. The fourth-order valence-electron chi connectivity index (χ4n) is 4.40. The molecule has 5 rings (SSSR count). The van der Waals surface area contributed by atoms with Gasteiger partial charge in [0.25, 0.3) is 0 Å². The predicted molar refractivity (Wildman–Crippen MR) is 128 cm³/mol. The van der Waals surface area contributed by atoms with Crippen molar-refractivity contribution in [1.29, 1.82) is 0 Å². The van der Waals surface area contributed by atoms with Gasteiger partial charge < -0.3 is 14.2 Å². The zero-order valence-electron chi connectivity index (χ0n) is 18.9. The van der Waals surface area contributed by atoms with Crippen molar-refractivity contribution in [1.82, 2.24) is 15.0 Å². The first-order chi connectivity index (χ1) is 16.1. The van der Waals surface area contributed by atoms with Gasteiger partial charge in [-0.3, -0.25) is 0 Å². The Morgan fingerprint density at radius 2 is 1.82 bits per heavy atom. The van der Waals surface area contributed by atoms with E-state index in [4.69, 9.17) is 19.2 Å². The number of thiophene rings is 1. The highest BCUT2D eigenvalue weighted by molar-refractivity contribution is 7.25. The Morgan fingerprint density at radius 3 is 2.55 bits per heavy atom. The molecule has 0 unspecified atom stereocenters. The first-order valence-electron chi connectivity index (χ1n) is 11.2. The van der Waals surface area contributed by atoms with Crippen molar-refractivity contribution in [3.8, 4) is 22.8 Å². The van der Waals surface area contributed by atoms with Gasteiger partial charge in [0.15, 0.2) is 0 Å². The Morgan fingerprint density at radius 1 is 1.03 bits per heavy atom. The van der Waals surface area contributed by atoms with Crippen LogP contribution in [0.5, 0.6) is 11.6 Å². The van der Waals surface area contributed by atoms with E-state index in [1.165, 1.54) is 16.9 Å². The number of nitrogens with zero attached hydrogens (tertiary/aromatic N) is 3. The molecule has 0 radical (unpaired) electrons. The lowest BCUT2D eigenvalue weighted by molar-refractivity contribution is 0.0511. The highest BCUT2D eigenvalue weighted by atomic mass is 32.1. The quantitative estimate of drug-likeness (QED) is 0.356. The average molecular weight is 464 g/mol. The normalized spacial score (nSPS) is 13.2. The summed E-state index contributed by atoms with van der Waals surface area (Å²) in [6.45, 7) is 4.33. The average Bonchev–Trinajstić information content (AvgIpc) is 3.21. The number of hydrogen-bond acceptors (Lipinski definition) is 8. The Balaban J connectivity index is 1.86. The van der Waals surface area contributed by atoms with Crippen molar-refractivity contribution < 1.29 is 19.0 Å². The molecule has 0 spiro atoms. The van der Waals surface area contributed by atoms with Gasteiger partial charge in [-0.1, -0.05) is 12.1 Å². The third-order valence-electron chi connectivity index (χ3n) is 5.83. The summed E-state index contributed by atoms with van der Waals surface area (Å²) in [6.07, 6.45) is 4.18. The molecule has 0 fully saturated rings. The third-order valence-corrected chi connectivity index (χ3v) is 6.89. The van der Waals surface area contributed by atoms with E-state index in [-0.39, 0.29) is 12.4 Å². The van der Waals surface area contributed by atoms with E-state index in [1.807, 2.05) is 19.1 Å². The van der Waals surface area contributed by atoms with Crippen molar-refractivity contribution >= 4 is 37.7 Å². The standard InChI is InChI=1S/C25H25N3O4S/c1-4-31-23-21-20(27-22(28-23)25(29)32-5-2)19-18(14-10-12-15(30-3)13-11-14)16-8-6-7-9-17(16)26-24(19)33-21/h10-13H,4-9H2,1-3H3. The molecular weight excluding hydrogens is 438 g/mol. The van der Waals surface area contributed by atoms with E-state index in [2.05, 4.69) is 22.1 Å². The number of carbonyl (C=O) groups is 1. The maximum Gasteiger partial charge on any atom is 0.376 e. The van der Waals surface area contributed by atoms with Crippen LogP contribution in [0.4, 0.5) is 0 Å². The van der Waals surface area contributed by atoms with Crippen LogP contribution in [0.3, 0.4) is 0 Å². The van der Waals surface area contributed by atoms with Gasteiger partial charge in [0.2, 0.25) is 11.7 Å². The molecule has 1 aromatic carbocycles. The Hall–Kier alpha value is -3.26. The van der Waals surface area contributed by atoms with Crippen LogP contribution >= 0.6 is 11.3 Å². The summed E-state index contributed by atoms with van der Waals surface area (Å²) in [5, 5.41) is 0.940. The second kappa shape index (κ2) is 8.94. The summed E-state index contributed by atoms with van der Waals surface area (Å²) in [5.74, 6) is 0.647. The van der Waals surface area contributed by atoms with Crippen LogP contribution in [0.25, 0.3) is 31.6 Å². The van der Waals surface area contributed by atoms with Gasteiger partial charge in [-0.15, -0.1) is 11.3 Å². The lowest BCUT2D eigenvalue weighted by Gasteiger charge is -2.20. The Bertz CT molecular complexity index is 1350. The van der Waals surface area contributed by atoms with Gasteiger partial charge in [0.1, 0.15) is 15.3 Å². The maximum atomic E-state index is 12.5. The second-order valence-corrected chi connectivity index (χ2v) is 8.81. The van der Waals surface area contributed by atoms with E-state index in [0.717, 1.165) is 63.2 Å². The number of aryl methyl sites for hydroxylation is 1. The summed E-state index contributed by atoms with van der Waals surface area (Å²) in [5.41, 5.74) is 5.29. The fourth-order valence-corrected chi connectivity index (χ4v) is 5.48. The fraction of sp³-hybridized carbons (Fsp3) is 0.360. The third kappa shape index (κ3) is 3.78. The summed E-state index contributed by atoms with van der Waals surface area (Å²) in [7, 11) is 1.66. The zero-order valence-corrected chi connectivity index (χ0v) is 19.8. The first-order valence-corrected chi connectivity index (χ1v) is 12.1. The van der Waals surface area contributed by atoms with Gasteiger partial charge in [-0.2, -0.15) is 4.98 Å². The largest absolute Gasteiger partial charge is 0.497 e. The van der Waals surface area contributed by atoms with Gasteiger partial charge >= 0.3 is 5.97 Å². The highest BCUT2D eigenvalue weighted by Crippen LogP contribution is 2.45. The number of benzene rings is 1. The number of esters is 1. The van der Waals surface area contributed by atoms with E-state index in [0.29, 0.717) is 18.0 Å². The molecule has 8 heteroatoms. The van der Waals surface area contributed by atoms with Crippen LogP contribution in [0.15, 0.2) is 24.3 Å². The number of rotatable bonds is 6. The van der Waals surface area contributed by atoms with E-state index >= 15 is 0 Å². The second-order valence-electron chi connectivity index (χ2n) is 7.81. The topological polar surface area (TPSA) is 83.4 Å². The SMILES string of the molecule is CCOC(=O)c1nc(OCC)c2sc3nc4c(c(-c5ccc(OC)cc5)c3c2n1)CCCC4. The molecule has 3 heterocycles.